The fraction of sp³-hybridized carbons (Fsp3) is 0.143. The van der Waals surface area contributed by atoms with Gasteiger partial charge >= 0.3 is 8.60 Å². The standard InChI is InChI=1S/C7H9O3PS/c1-12-10-11(8)9-7-5-3-2-4-6-7/h2-6,8H,1H3. The highest BCUT2D eigenvalue weighted by Crippen LogP contribution is 2.37. The zero-order valence-corrected chi connectivity index (χ0v) is 8.22. The zero-order valence-electron chi connectivity index (χ0n) is 6.51. The molecule has 0 saturated carbocycles. The monoisotopic (exact) mass is 204 g/mol. The minimum absolute atomic E-state index is 0.611. The van der Waals surface area contributed by atoms with Crippen molar-refractivity contribution < 1.29 is 13.4 Å². The fourth-order valence-corrected chi connectivity index (χ4v) is 1.58. The molecule has 5 heteroatoms. The molecule has 3 nitrogen and oxygen atoms in total. The molecular formula is C7H9O3PS. The first-order valence-corrected chi connectivity index (χ1v) is 5.53. The molecule has 12 heavy (non-hydrogen) atoms. The molecule has 0 aliphatic rings. The number of hydrogen-bond acceptors (Lipinski definition) is 4. The van der Waals surface area contributed by atoms with Crippen molar-refractivity contribution in [1.29, 1.82) is 0 Å². The van der Waals surface area contributed by atoms with Crippen LogP contribution in [0.1, 0.15) is 0 Å². The van der Waals surface area contributed by atoms with Gasteiger partial charge in [0, 0.05) is 6.26 Å². The number of hydrogen-bond donors (Lipinski definition) is 1. The molecule has 1 unspecified atom stereocenters. The molecule has 0 amide bonds. The van der Waals surface area contributed by atoms with Gasteiger partial charge in [0.05, 0.1) is 0 Å². The predicted molar refractivity (Wildman–Crippen MR) is 50.8 cm³/mol. The van der Waals surface area contributed by atoms with E-state index in [9.17, 15) is 0 Å². The van der Waals surface area contributed by atoms with Crippen LogP contribution in [0.3, 0.4) is 0 Å². The van der Waals surface area contributed by atoms with Gasteiger partial charge < -0.3 is 9.42 Å². The van der Waals surface area contributed by atoms with Crippen LogP contribution in [0.4, 0.5) is 0 Å². The molecule has 0 spiro atoms. The van der Waals surface area contributed by atoms with Crippen LogP contribution in [0.2, 0.25) is 0 Å². The maximum atomic E-state index is 9.10. The molecule has 1 atom stereocenters. The molecule has 0 aliphatic carbocycles. The Morgan fingerprint density at radius 2 is 2.00 bits per heavy atom. The second-order valence-corrected chi connectivity index (χ2v) is 3.47. The lowest BCUT2D eigenvalue weighted by atomic mass is 10.3. The van der Waals surface area contributed by atoms with Gasteiger partial charge in [-0.3, -0.25) is 0 Å². The van der Waals surface area contributed by atoms with Gasteiger partial charge in [-0.15, -0.1) is 0 Å². The minimum atomic E-state index is -1.79. The lowest BCUT2D eigenvalue weighted by molar-refractivity contribution is 0.404. The Labute approximate surface area is 76.9 Å². The van der Waals surface area contributed by atoms with E-state index in [1.165, 1.54) is 0 Å². The zero-order chi connectivity index (χ0) is 8.81. The first-order valence-electron chi connectivity index (χ1n) is 3.25. The van der Waals surface area contributed by atoms with Crippen molar-refractivity contribution in [1.82, 2.24) is 0 Å². The van der Waals surface area contributed by atoms with Gasteiger partial charge in [-0.05, 0) is 24.2 Å². The average molecular weight is 204 g/mol. The first-order chi connectivity index (χ1) is 5.83. The summed E-state index contributed by atoms with van der Waals surface area (Å²) in [4.78, 5) is 9.10. The highest BCUT2D eigenvalue weighted by Gasteiger charge is 2.07. The van der Waals surface area contributed by atoms with Gasteiger partial charge in [0.15, 0.2) is 0 Å². The summed E-state index contributed by atoms with van der Waals surface area (Å²) >= 11 is 1.08. The Bertz CT molecular complexity index is 219. The maximum Gasteiger partial charge on any atom is 0.406 e. The minimum Gasteiger partial charge on any atom is -0.426 e. The number of rotatable bonds is 4. The molecule has 0 bridgehead atoms. The van der Waals surface area contributed by atoms with Crippen molar-refractivity contribution >= 4 is 20.6 Å². The van der Waals surface area contributed by atoms with E-state index in [1.807, 2.05) is 18.2 Å². The third kappa shape index (κ3) is 3.41. The summed E-state index contributed by atoms with van der Waals surface area (Å²) in [5.74, 6) is 0.611. The summed E-state index contributed by atoms with van der Waals surface area (Å²) in [6.45, 7) is 0. The Hall–Kier alpha value is -0.280. The largest absolute Gasteiger partial charge is 0.426 e. The quantitative estimate of drug-likeness (QED) is 0.604. The Morgan fingerprint density at radius 1 is 1.33 bits per heavy atom. The molecule has 0 saturated heterocycles. The van der Waals surface area contributed by atoms with Gasteiger partial charge in [-0.1, -0.05) is 18.2 Å². The lowest BCUT2D eigenvalue weighted by Crippen LogP contribution is -1.85. The van der Waals surface area contributed by atoms with E-state index in [2.05, 4.69) is 0 Å². The third-order valence-corrected chi connectivity index (χ3v) is 2.54. The summed E-state index contributed by atoms with van der Waals surface area (Å²) in [6, 6.07) is 9.06. The van der Waals surface area contributed by atoms with Gasteiger partial charge in [0.2, 0.25) is 0 Å². The molecule has 66 valence electrons. The first kappa shape index (κ1) is 9.81. The fourth-order valence-electron chi connectivity index (χ4n) is 0.651. The van der Waals surface area contributed by atoms with Crippen LogP contribution >= 0.6 is 20.6 Å². The van der Waals surface area contributed by atoms with Crippen molar-refractivity contribution in [3.05, 3.63) is 30.3 Å². The Morgan fingerprint density at radius 3 is 2.58 bits per heavy atom. The maximum absolute atomic E-state index is 9.10. The van der Waals surface area contributed by atoms with Crippen LogP contribution in [-0.2, 0) is 3.97 Å². The number of para-hydroxylation sites is 1. The molecule has 0 fully saturated rings. The summed E-state index contributed by atoms with van der Waals surface area (Å²) in [5, 5.41) is 0. The molecular weight excluding hydrogens is 195 g/mol. The molecule has 1 N–H and O–H groups in total. The Balaban J connectivity index is 2.41. The van der Waals surface area contributed by atoms with Gasteiger partial charge in [-0.25, -0.2) is 3.97 Å². The SMILES string of the molecule is CSOP(O)Oc1ccccc1. The molecule has 0 radical (unpaired) electrons. The topological polar surface area (TPSA) is 38.7 Å². The van der Waals surface area contributed by atoms with Crippen molar-refractivity contribution in [2.24, 2.45) is 0 Å². The second kappa shape index (κ2) is 5.38. The van der Waals surface area contributed by atoms with E-state index in [4.69, 9.17) is 13.4 Å². The molecule has 0 aromatic heterocycles. The van der Waals surface area contributed by atoms with E-state index in [-0.39, 0.29) is 0 Å². The average Bonchev–Trinajstić information content (AvgIpc) is 2.06. The summed E-state index contributed by atoms with van der Waals surface area (Å²) < 4.78 is 9.79. The van der Waals surface area contributed by atoms with Crippen LogP contribution in [-0.4, -0.2) is 11.1 Å². The third-order valence-electron chi connectivity index (χ3n) is 1.07. The van der Waals surface area contributed by atoms with Crippen molar-refractivity contribution in [3.63, 3.8) is 0 Å². The predicted octanol–water partition coefficient (Wildman–Crippen LogP) is 2.58. The molecule has 0 aliphatic heterocycles. The molecule has 1 rings (SSSR count). The summed E-state index contributed by atoms with van der Waals surface area (Å²) in [7, 11) is -1.79. The van der Waals surface area contributed by atoms with Gasteiger partial charge in [0.1, 0.15) is 5.75 Å². The number of benzene rings is 1. The highest BCUT2D eigenvalue weighted by atomic mass is 32.2. The summed E-state index contributed by atoms with van der Waals surface area (Å²) in [5.41, 5.74) is 0. The second-order valence-electron chi connectivity index (χ2n) is 1.88. The summed E-state index contributed by atoms with van der Waals surface area (Å²) in [6.07, 6.45) is 1.72. The van der Waals surface area contributed by atoms with Crippen LogP contribution < -0.4 is 4.52 Å². The Kier molecular flexibility index (Phi) is 4.40. The normalized spacial score (nSPS) is 12.5. The van der Waals surface area contributed by atoms with Crippen molar-refractivity contribution in [2.45, 2.75) is 0 Å². The van der Waals surface area contributed by atoms with E-state index >= 15 is 0 Å². The van der Waals surface area contributed by atoms with E-state index < -0.39 is 8.60 Å². The van der Waals surface area contributed by atoms with E-state index in [1.54, 1.807) is 18.4 Å². The molecule has 0 heterocycles. The van der Waals surface area contributed by atoms with E-state index in [0.717, 1.165) is 12.0 Å². The van der Waals surface area contributed by atoms with Gasteiger partial charge in [-0.2, -0.15) is 0 Å². The van der Waals surface area contributed by atoms with Crippen LogP contribution in [0.15, 0.2) is 30.3 Å². The molecule has 1 aromatic rings. The van der Waals surface area contributed by atoms with Crippen molar-refractivity contribution in [3.8, 4) is 5.75 Å². The van der Waals surface area contributed by atoms with Crippen LogP contribution in [0.5, 0.6) is 5.75 Å². The molecule has 1 aromatic carbocycles. The van der Waals surface area contributed by atoms with Crippen LogP contribution in [0, 0.1) is 0 Å². The van der Waals surface area contributed by atoms with E-state index in [0.29, 0.717) is 5.75 Å². The van der Waals surface area contributed by atoms with Crippen molar-refractivity contribution in [2.75, 3.05) is 6.26 Å². The van der Waals surface area contributed by atoms with Gasteiger partial charge in [0.25, 0.3) is 0 Å². The van der Waals surface area contributed by atoms with Crippen LogP contribution in [0.25, 0.3) is 0 Å². The smallest absolute Gasteiger partial charge is 0.406 e. The highest BCUT2D eigenvalue weighted by molar-refractivity contribution is 7.96. The lowest BCUT2D eigenvalue weighted by Gasteiger charge is -2.08.